The lowest BCUT2D eigenvalue weighted by molar-refractivity contribution is 0.125. The van der Waals surface area contributed by atoms with Crippen molar-refractivity contribution in [3.05, 3.63) is 0 Å². The molecule has 0 saturated carbocycles. The minimum atomic E-state index is 0.442. The molecule has 0 aliphatic carbocycles. The first kappa shape index (κ1) is 6.43. The van der Waals surface area contributed by atoms with Crippen molar-refractivity contribution in [3.8, 4) is 0 Å². The van der Waals surface area contributed by atoms with Gasteiger partial charge in [0.15, 0.2) is 0 Å². The van der Waals surface area contributed by atoms with Crippen LogP contribution < -0.4 is 0 Å². The van der Waals surface area contributed by atoms with E-state index in [1.165, 1.54) is 18.6 Å². The number of hydrogen-bond donors (Lipinski definition) is 0. The third kappa shape index (κ3) is 2.05. The summed E-state index contributed by atoms with van der Waals surface area (Å²) in [4.78, 5) is 0. The molecule has 0 bridgehead atoms. The van der Waals surface area contributed by atoms with Crippen LogP contribution in [0.2, 0.25) is 0 Å². The van der Waals surface area contributed by atoms with E-state index in [0.29, 0.717) is 5.44 Å². The van der Waals surface area contributed by atoms with Crippen molar-refractivity contribution < 1.29 is 4.74 Å². The maximum absolute atomic E-state index is 5.37. The average Bonchev–Trinajstić information content (AvgIpc) is 1.94. The van der Waals surface area contributed by atoms with E-state index in [-0.39, 0.29) is 0 Å². The molecule has 0 aromatic rings. The van der Waals surface area contributed by atoms with E-state index in [9.17, 15) is 0 Å². The fraction of sp³-hybridized carbons (Fsp3) is 1.00. The van der Waals surface area contributed by atoms with Crippen LogP contribution in [-0.4, -0.2) is 17.8 Å². The number of rotatable bonds is 0. The van der Waals surface area contributed by atoms with Gasteiger partial charge in [0.25, 0.3) is 0 Å². The van der Waals surface area contributed by atoms with Crippen LogP contribution in [0.1, 0.15) is 19.8 Å². The van der Waals surface area contributed by atoms with Gasteiger partial charge in [0, 0.05) is 6.61 Å². The van der Waals surface area contributed by atoms with Gasteiger partial charge in [0.05, 0.1) is 5.44 Å². The van der Waals surface area contributed by atoms with Gasteiger partial charge in [-0.2, -0.15) is 0 Å². The van der Waals surface area contributed by atoms with Gasteiger partial charge in [-0.25, -0.2) is 0 Å². The maximum atomic E-state index is 5.37. The molecule has 1 heterocycles. The molecule has 1 fully saturated rings. The van der Waals surface area contributed by atoms with Crippen LogP contribution >= 0.6 is 11.8 Å². The quantitative estimate of drug-likeness (QED) is 0.497. The standard InChI is InChI=1S/C6H12OS/c1-6-7-4-2-3-5-8-6/h6H,2-5H2,1H3. The van der Waals surface area contributed by atoms with E-state index in [1.54, 1.807) is 0 Å². The number of hydrogen-bond acceptors (Lipinski definition) is 2. The zero-order chi connectivity index (χ0) is 5.82. The Morgan fingerprint density at radius 3 is 3.25 bits per heavy atom. The van der Waals surface area contributed by atoms with E-state index < -0.39 is 0 Å². The summed E-state index contributed by atoms with van der Waals surface area (Å²) in [5.74, 6) is 1.28. The molecular weight excluding hydrogens is 120 g/mol. The largest absolute Gasteiger partial charge is 0.368 e. The van der Waals surface area contributed by atoms with Crippen LogP contribution in [0.3, 0.4) is 0 Å². The third-order valence-corrected chi connectivity index (χ3v) is 2.37. The first-order valence-corrected chi connectivity index (χ1v) is 4.17. The smallest absolute Gasteiger partial charge is 0.0999 e. The second kappa shape index (κ2) is 3.36. The highest BCUT2D eigenvalue weighted by Gasteiger charge is 2.05. The summed E-state index contributed by atoms with van der Waals surface area (Å²) in [5.41, 5.74) is 0.442. The molecule has 1 rings (SSSR count). The highest BCUT2D eigenvalue weighted by Crippen LogP contribution is 2.17. The van der Waals surface area contributed by atoms with Gasteiger partial charge < -0.3 is 4.74 Å². The van der Waals surface area contributed by atoms with Gasteiger partial charge in [-0.3, -0.25) is 0 Å². The van der Waals surface area contributed by atoms with Crippen LogP contribution in [0, 0.1) is 0 Å². The normalized spacial score (nSPS) is 31.9. The van der Waals surface area contributed by atoms with Crippen LogP contribution in [0.5, 0.6) is 0 Å². The van der Waals surface area contributed by atoms with Crippen LogP contribution in [-0.2, 0) is 4.74 Å². The monoisotopic (exact) mass is 132 g/mol. The van der Waals surface area contributed by atoms with Crippen molar-refractivity contribution in [2.75, 3.05) is 12.4 Å². The van der Waals surface area contributed by atoms with Gasteiger partial charge in [-0.1, -0.05) is 0 Å². The van der Waals surface area contributed by atoms with Crippen molar-refractivity contribution in [2.24, 2.45) is 0 Å². The molecule has 1 aliphatic rings. The lowest BCUT2D eigenvalue weighted by Gasteiger charge is -2.05. The number of thioether (sulfide) groups is 1. The van der Waals surface area contributed by atoms with Gasteiger partial charge in [-0.05, 0) is 25.5 Å². The second-order valence-electron chi connectivity index (χ2n) is 2.02. The van der Waals surface area contributed by atoms with E-state index in [4.69, 9.17) is 4.74 Å². The molecule has 48 valence electrons. The topological polar surface area (TPSA) is 9.23 Å². The molecule has 1 aliphatic heterocycles. The summed E-state index contributed by atoms with van der Waals surface area (Å²) in [6.07, 6.45) is 2.58. The molecule has 2 heteroatoms. The summed E-state index contributed by atoms with van der Waals surface area (Å²) < 4.78 is 5.37. The highest BCUT2D eigenvalue weighted by atomic mass is 32.2. The Morgan fingerprint density at radius 2 is 2.38 bits per heavy atom. The van der Waals surface area contributed by atoms with E-state index in [1.807, 2.05) is 11.8 Å². The Labute approximate surface area is 54.8 Å². The van der Waals surface area contributed by atoms with Gasteiger partial charge in [0.2, 0.25) is 0 Å². The summed E-state index contributed by atoms with van der Waals surface area (Å²) in [7, 11) is 0. The average molecular weight is 132 g/mol. The SMILES string of the molecule is CC1OCCCCS1. The maximum Gasteiger partial charge on any atom is 0.0999 e. The fourth-order valence-corrected chi connectivity index (χ4v) is 1.65. The van der Waals surface area contributed by atoms with Crippen molar-refractivity contribution >= 4 is 11.8 Å². The fourth-order valence-electron chi connectivity index (χ4n) is 0.751. The molecule has 0 amide bonds. The third-order valence-electron chi connectivity index (χ3n) is 1.24. The first-order chi connectivity index (χ1) is 3.89. The summed E-state index contributed by atoms with van der Waals surface area (Å²) in [6, 6.07) is 0. The lowest BCUT2D eigenvalue weighted by Crippen LogP contribution is -2.00. The van der Waals surface area contributed by atoms with Gasteiger partial charge >= 0.3 is 0 Å². The van der Waals surface area contributed by atoms with Crippen molar-refractivity contribution in [2.45, 2.75) is 25.2 Å². The van der Waals surface area contributed by atoms with Crippen LogP contribution in [0.4, 0.5) is 0 Å². The van der Waals surface area contributed by atoms with Crippen molar-refractivity contribution in [3.63, 3.8) is 0 Å². The molecule has 0 aromatic heterocycles. The van der Waals surface area contributed by atoms with Crippen LogP contribution in [0.15, 0.2) is 0 Å². The van der Waals surface area contributed by atoms with E-state index >= 15 is 0 Å². The second-order valence-corrected chi connectivity index (χ2v) is 3.42. The molecule has 1 unspecified atom stereocenters. The van der Waals surface area contributed by atoms with Crippen molar-refractivity contribution in [1.82, 2.24) is 0 Å². The molecule has 1 nitrogen and oxygen atoms in total. The Morgan fingerprint density at radius 1 is 1.50 bits per heavy atom. The van der Waals surface area contributed by atoms with E-state index in [2.05, 4.69) is 6.92 Å². The zero-order valence-corrected chi connectivity index (χ0v) is 6.04. The zero-order valence-electron chi connectivity index (χ0n) is 5.22. The Bertz CT molecular complexity index is 57.5. The molecule has 0 N–H and O–H groups in total. The van der Waals surface area contributed by atoms with Gasteiger partial charge in [-0.15, -0.1) is 11.8 Å². The van der Waals surface area contributed by atoms with Crippen molar-refractivity contribution in [1.29, 1.82) is 0 Å². The lowest BCUT2D eigenvalue weighted by atomic mass is 10.4. The molecule has 8 heavy (non-hydrogen) atoms. The van der Waals surface area contributed by atoms with E-state index in [0.717, 1.165) is 6.61 Å². The predicted octanol–water partition coefficient (Wildman–Crippen LogP) is 1.88. The van der Waals surface area contributed by atoms with Gasteiger partial charge in [0.1, 0.15) is 0 Å². The molecule has 0 spiro atoms. The Hall–Kier alpha value is 0.310. The molecule has 0 aromatic carbocycles. The summed E-state index contributed by atoms with van der Waals surface area (Å²) in [6.45, 7) is 3.09. The molecular formula is C6H12OS. The number of ether oxygens (including phenoxy) is 1. The summed E-state index contributed by atoms with van der Waals surface area (Å²) >= 11 is 1.92. The predicted molar refractivity (Wildman–Crippen MR) is 37.1 cm³/mol. The minimum Gasteiger partial charge on any atom is -0.368 e. The van der Waals surface area contributed by atoms with Crippen LogP contribution in [0.25, 0.3) is 0 Å². The first-order valence-electron chi connectivity index (χ1n) is 3.13. The Kier molecular flexibility index (Phi) is 2.70. The molecule has 0 radical (unpaired) electrons. The molecule has 1 atom stereocenters. The minimum absolute atomic E-state index is 0.442. The summed E-state index contributed by atoms with van der Waals surface area (Å²) in [5, 5.41) is 0. The Balaban J connectivity index is 2.17. The highest BCUT2D eigenvalue weighted by molar-refractivity contribution is 7.99. The molecule has 1 saturated heterocycles.